The average Bonchev–Trinajstić information content (AvgIpc) is 3.08. The van der Waals surface area contributed by atoms with Crippen LogP contribution in [-0.4, -0.2) is 41.9 Å². The van der Waals surface area contributed by atoms with Crippen LogP contribution in [0.1, 0.15) is 29.5 Å². The molecule has 1 aliphatic carbocycles. The standard InChI is InChI=1S/C19H21NO6/c1-11-16(24-10-17(22)20-8-12(21)9-25-20)7-6-14-13-4-2-3-5-15(13)19(23)26-18(11)14/h6-7,12,21H,2-5,8-10H2,1H3. The fourth-order valence-corrected chi connectivity index (χ4v) is 3.64. The molecule has 1 amide bonds. The van der Waals surface area contributed by atoms with Gasteiger partial charge in [-0.15, -0.1) is 0 Å². The van der Waals surface area contributed by atoms with Crippen LogP contribution in [0.25, 0.3) is 11.0 Å². The smallest absolute Gasteiger partial charge is 0.339 e. The lowest BCUT2D eigenvalue weighted by Crippen LogP contribution is -2.32. The van der Waals surface area contributed by atoms with Gasteiger partial charge in [-0.2, -0.15) is 0 Å². The van der Waals surface area contributed by atoms with E-state index in [4.69, 9.17) is 14.0 Å². The van der Waals surface area contributed by atoms with Crippen molar-refractivity contribution in [3.05, 3.63) is 39.2 Å². The van der Waals surface area contributed by atoms with Crippen molar-refractivity contribution in [1.82, 2.24) is 5.06 Å². The van der Waals surface area contributed by atoms with Crippen LogP contribution in [0.2, 0.25) is 0 Å². The third-order valence-electron chi connectivity index (χ3n) is 5.02. The highest BCUT2D eigenvalue weighted by Gasteiger charge is 2.26. The fraction of sp³-hybridized carbons (Fsp3) is 0.474. The van der Waals surface area contributed by atoms with E-state index in [1.54, 1.807) is 6.07 Å². The van der Waals surface area contributed by atoms with Crippen molar-refractivity contribution in [3.8, 4) is 5.75 Å². The van der Waals surface area contributed by atoms with Crippen LogP contribution in [0.5, 0.6) is 5.75 Å². The summed E-state index contributed by atoms with van der Waals surface area (Å²) in [6.07, 6.45) is 3.06. The Morgan fingerprint density at radius 2 is 2.08 bits per heavy atom. The number of aryl methyl sites for hydroxylation is 2. The van der Waals surface area contributed by atoms with Gasteiger partial charge < -0.3 is 14.3 Å². The van der Waals surface area contributed by atoms with Crippen LogP contribution in [0, 0.1) is 6.92 Å². The number of aliphatic hydroxyl groups excluding tert-OH is 1. The maximum absolute atomic E-state index is 12.3. The fourth-order valence-electron chi connectivity index (χ4n) is 3.64. The topological polar surface area (TPSA) is 89.2 Å². The number of ether oxygens (including phenoxy) is 1. The molecular weight excluding hydrogens is 338 g/mol. The third-order valence-corrected chi connectivity index (χ3v) is 5.02. The molecule has 0 saturated carbocycles. The van der Waals surface area contributed by atoms with E-state index >= 15 is 0 Å². The van der Waals surface area contributed by atoms with E-state index in [0.717, 1.165) is 47.3 Å². The molecule has 7 heteroatoms. The predicted octanol–water partition coefficient (Wildman–Crippen LogP) is 1.49. The van der Waals surface area contributed by atoms with E-state index in [-0.39, 0.29) is 31.3 Å². The van der Waals surface area contributed by atoms with Gasteiger partial charge in [-0.1, -0.05) is 0 Å². The van der Waals surface area contributed by atoms with Gasteiger partial charge >= 0.3 is 5.63 Å². The van der Waals surface area contributed by atoms with E-state index in [0.29, 0.717) is 16.9 Å². The van der Waals surface area contributed by atoms with Crippen molar-refractivity contribution in [2.45, 2.75) is 38.7 Å². The van der Waals surface area contributed by atoms with E-state index in [2.05, 4.69) is 0 Å². The second-order valence-corrected chi connectivity index (χ2v) is 6.81. The number of carbonyl (C=O) groups is 1. The van der Waals surface area contributed by atoms with Crippen molar-refractivity contribution in [3.63, 3.8) is 0 Å². The van der Waals surface area contributed by atoms with Gasteiger partial charge in [-0.25, -0.2) is 9.86 Å². The van der Waals surface area contributed by atoms with Crippen molar-refractivity contribution >= 4 is 16.9 Å². The molecule has 2 aromatic rings. The van der Waals surface area contributed by atoms with Gasteiger partial charge in [0.25, 0.3) is 5.91 Å². The summed E-state index contributed by atoms with van der Waals surface area (Å²) < 4.78 is 11.2. The van der Waals surface area contributed by atoms with Crippen LogP contribution < -0.4 is 10.4 Å². The molecule has 2 heterocycles. The lowest BCUT2D eigenvalue weighted by atomic mass is 9.90. The molecule has 0 bridgehead atoms. The number of amides is 1. The quantitative estimate of drug-likeness (QED) is 0.836. The molecule has 138 valence electrons. The van der Waals surface area contributed by atoms with Gasteiger partial charge in [-0.05, 0) is 50.3 Å². The molecule has 26 heavy (non-hydrogen) atoms. The van der Waals surface area contributed by atoms with Gasteiger partial charge in [0.2, 0.25) is 0 Å². The van der Waals surface area contributed by atoms with Gasteiger partial charge in [0.1, 0.15) is 24.0 Å². The Kier molecular flexibility index (Phi) is 4.42. The first-order valence-electron chi connectivity index (χ1n) is 8.87. The minimum atomic E-state index is -0.665. The lowest BCUT2D eigenvalue weighted by Gasteiger charge is -2.18. The number of carbonyl (C=O) groups excluding carboxylic acids is 1. The summed E-state index contributed by atoms with van der Waals surface area (Å²) in [5.74, 6) is 0.123. The highest BCUT2D eigenvalue weighted by Crippen LogP contribution is 2.32. The van der Waals surface area contributed by atoms with Gasteiger partial charge in [0.05, 0.1) is 6.54 Å². The molecule has 1 aromatic heterocycles. The molecule has 1 fully saturated rings. The largest absolute Gasteiger partial charge is 0.483 e. The van der Waals surface area contributed by atoms with Gasteiger partial charge in [0.15, 0.2) is 6.61 Å². The number of fused-ring (bicyclic) bond motifs is 3. The number of hydrogen-bond donors (Lipinski definition) is 1. The molecule has 2 aliphatic rings. The summed E-state index contributed by atoms with van der Waals surface area (Å²) in [7, 11) is 0. The minimum absolute atomic E-state index is 0.108. The van der Waals surface area contributed by atoms with E-state index < -0.39 is 6.10 Å². The van der Waals surface area contributed by atoms with Crippen molar-refractivity contribution in [1.29, 1.82) is 0 Å². The Bertz CT molecular complexity index is 918. The number of β-amino-alcohol motifs (C(OH)–C–C–N with tert-alkyl or cyclic N) is 1. The van der Waals surface area contributed by atoms with E-state index in [1.165, 1.54) is 0 Å². The van der Waals surface area contributed by atoms with Crippen LogP contribution in [0.4, 0.5) is 0 Å². The number of aliphatic hydroxyl groups is 1. The summed E-state index contributed by atoms with van der Waals surface area (Å²) >= 11 is 0. The summed E-state index contributed by atoms with van der Waals surface area (Å²) in [5.41, 5.74) is 2.81. The highest BCUT2D eigenvalue weighted by molar-refractivity contribution is 5.86. The summed E-state index contributed by atoms with van der Waals surface area (Å²) in [5, 5.41) is 11.5. The molecule has 0 spiro atoms. The lowest BCUT2D eigenvalue weighted by molar-refractivity contribution is -0.170. The Morgan fingerprint density at radius 1 is 1.31 bits per heavy atom. The zero-order chi connectivity index (χ0) is 18.3. The van der Waals surface area contributed by atoms with Crippen molar-refractivity contribution in [2.75, 3.05) is 19.8 Å². The maximum Gasteiger partial charge on any atom is 0.339 e. The number of benzene rings is 1. The molecule has 7 nitrogen and oxygen atoms in total. The highest BCUT2D eigenvalue weighted by atomic mass is 16.7. The second kappa shape index (κ2) is 6.74. The zero-order valence-electron chi connectivity index (χ0n) is 14.6. The van der Waals surface area contributed by atoms with Crippen LogP contribution >= 0.6 is 0 Å². The summed E-state index contributed by atoms with van der Waals surface area (Å²) in [6.45, 7) is 1.85. The molecule has 1 atom stereocenters. The number of hydroxylamine groups is 2. The second-order valence-electron chi connectivity index (χ2n) is 6.81. The van der Waals surface area contributed by atoms with Crippen LogP contribution in [-0.2, 0) is 22.5 Å². The molecular formula is C19H21NO6. The number of nitrogens with zero attached hydrogens (tertiary/aromatic N) is 1. The van der Waals surface area contributed by atoms with E-state index in [1.807, 2.05) is 13.0 Å². The van der Waals surface area contributed by atoms with Crippen molar-refractivity contribution < 1.29 is 23.9 Å². The number of rotatable bonds is 3. The zero-order valence-corrected chi connectivity index (χ0v) is 14.6. The Labute approximate surface area is 150 Å². The van der Waals surface area contributed by atoms with Crippen LogP contribution in [0.15, 0.2) is 21.3 Å². The minimum Gasteiger partial charge on any atom is -0.483 e. The molecule has 1 unspecified atom stereocenters. The third kappa shape index (κ3) is 2.97. The Morgan fingerprint density at radius 3 is 2.81 bits per heavy atom. The Hall–Kier alpha value is -2.38. The molecule has 4 rings (SSSR count). The SMILES string of the molecule is Cc1c(OCC(=O)N2CC(O)CO2)ccc2c3c(c(=O)oc12)CCCC3. The average molecular weight is 359 g/mol. The van der Waals surface area contributed by atoms with Crippen molar-refractivity contribution in [2.24, 2.45) is 0 Å². The first-order chi connectivity index (χ1) is 12.5. The molecule has 1 saturated heterocycles. The normalized spacial score (nSPS) is 19.6. The first kappa shape index (κ1) is 17.1. The monoisotopic (exact) mass is 359 g/mol. The Balaban J connectivity index is 1.60. The maximum atomic E-state index is 12.3. The molecule has 1 aliphatic heterocycles. The first-order valence-corrected chi connectivity index (χ1v) is 8.87. The summed E-state index contributed by atoms with van der Waals surface area (Å²) in [6, 6.07) is 3.70. The molecule has 0 radical (unpaired) electrons. The van der Waals surface area contributed by atoms with Gasteiger partial charge in [0, 0.05) is 16.5 Å². The molecule has 1 N–H and O–H groups in total. The van der Waals surface area contributed by atoms with Crippen LogP contribution in [0.3, 0.4) is 0 Å². The predicted molar refractivity (Wildman–Crippen MR) is 93.0 cm³/mol. The van der Waals surface area contributed by atoms with E-state index in [9.17, 15) is 14.7 Å². The number of hydrogen-bond acceptors (Lipinski definition) is 6. The molecule has 1 aromatic carbocycles. The van der Waals surface area contributed by atoms with Gasteiger partial charge in [-0.3, -0.25) is 9.63 Å². The summed E-state index contributed by atoms with van der Waals surface area (Å²) in [4.78, 5) is 29.5.